The van der Waals surface area contributed by atoms with Gasteiger partial charge in [0.2, 0.25) is 0 Å². The fourth-order valence-electron chi connectivity index (χ4n) is 3.76. The number of methoxy groups -OCH3 is 1. The maximum absolute atomic E-state index is 12.8. The minimum atomic E-state index is -0.674. The second kappa shape index (κ2) is 6.73. The Balaban J connectivity index is 1.53. The van der Waals surface area contributed by atoms with Crippen molar-refractivity contribution in [2.75, 3.05) is 20.2 Å². The maximum atomic E-state index is 12.8. The molecule has 1 saturated heterocycles. The van der Waals surface area contributed by atoms with Gasteiger partial charge >= 0.3 is 5.97 Å². The van der Waals surface area contributed by atoms with E-state index in [1.807, 2.05) is 12.1 Å². The fourth-order valence-corrected chi connectivity index (χ4v) is 4.06. The molecule has 0 bridgehead atoms. The number of hydrogen-bond donors (Lipinski definition) is 0. The van der Waals surface area contributed by atoms with E-state index in [9.17, 15) is 9.59 Å². The highest BCUT2D eigenvalue weighted by Crippen LogP contribution is 2.45. The highest BCUT2D eigenvalue weighted by atomic mass is 35.5. The highest BCUT2D eigenvalue weighted by molar-refractivity contribution is 6.42. The molecule has 1 fully saturated rings. The first kappa shape index (κ1) is 18.1. The lowest BCUT2D eigenvalue weighted by molar-refractivity contribution is -0.0389. The van der Waals surface area contributed by atoms with Crippen molar-refractivity contribution < 1.29 is 19.1 Å². The smallest absolute Gasteiger partial charge is 0.339 e. The van der Waals surface area contributed by atoms with Gasteiger partial charge in [0.1, 0.15) is 11.4 Å². The summed E-state index contributed by atoms with van der Waals surface area (Å²) >= 11 is 11.9. The summed E-state index contributed by atoms with van der Waals surface area (Å²) in [4.78, 5) is 26.8. The number of piperidine rings is 1. The molecule has 140 valence electrons. The largest absolute Gasteiger partial charge is 0.497 e. The molecule has 5 nitrogen and oxygen atoms in total. The summed E-state index contributed by atoms with van der Waals surface area (Å²) in [6.07, 6.45) is 1.09. The number of hydrogen-bond acceptors (Lipinski definition) is 4. The number of rotatable bonds is 2. The van der Waals surface area contributed by atoms with E-state index in [0.29, 0.717) is 52.9 Å². The average Bonchev–Trinajstić information content (AvgIpc) is 2.95. The van der Waals surface area contributed by atoms with E-state index in [0.717, 1.165) is 5.56 Å². The third kappa shape index (κ3) is 3.05. The van der Waals surface area contributed by atoms with E-state index in [2.05, 4.69) is 0 Å². The number of benzene rings is 2. The van der Waals surface area contributed by atoms with Crippen LogP contribution in [0.2, 0.25) is 10.0 Å². The summed E-state index contributed by atoms with van der Waals surface area (Å²) in [5.74, 6) is 0.172. The molecule has 0 N–H and O–H groups in total. The number of amides is 1. The molecule has 2 heterocycles. The van der Waals surface area contributed by atoms with Crippen molar-refractivity contribution in [1.29, 1.82) is 0 Å². The Labute approximate surface area is 166 Å². The molecule has 7 heteroatoms. The maximum Gasteiger partial charge on any atom is 0.339 e. The quantitative estimate of drug-likeness (QED) is 0.698. The molecule has 4 rings (SSSR count). The summed E-state index contributed by atoms with van der Waals surface area (Å²) in [7, 11) is 1.56. The van der Waals surface area contributed by atoms with Gasteiger partial charge in [0, 0.05) is 37.1 Å². The highest BCUT2D eigenvalue weighted by Gasteiger charge is 2.48. The molecule has 27 heavy (non-hydrogen) atoms. The van der Waals surface area contributed by atoms with Crippen molar-refractivity contribution in [2.24, 2.45) is 0 Å². The van der Waals surface area contributed by atoms with Gasteiger partial charge in [-0.15, -0.1) is 0 Å². The molecule has 0 aromatic heterocycles. The third-order valence-electron chi connectivity index (χ3n) is 5.25. The van der Waals surface area contributed by atoms with Crippen LogP contribution >= 0.6 is 23.2 Å². The van der Waals surface area contributed by atoms with Crippen molar-refractivity contribution >= 4 is 35.1 Å². The monoisotopic (exact) mass is 405 g/mol. The minimum absolute atomic E-state index is 0.109. The molecular weight excluding hydrogens is 389 g/mol. The van der Waals surface area contributed by atoms with Gasteiger partial charge in [-0.05, 0) is 30.3 Å². The van der Waals surface area contributed by atoms with Crippen LogP contribution in [0.3, 0.4) is 0 Å². The molecule has 2 aliphatic rings. The number of ether oxygens (including phenoxy) is 2. The summed E-state index contributed by atoms with van der Waals surface area (Å²) in [6, 6.07) is 10.3. The van der Waals surface area contributed by atoms with E-state index in [1.54, 1.807) is 36.3 Å². The van der Waals surface area contributed by atoms with E-state index in [4.69, 9.17) is 32.7 Å². The Morgan fingerprint density at radius 3 is 2.52 bits per heavy atom. The second-order valence-corrected chi connectivity index (χ2v) is 7.53. The molecule has 0 unspecified atom stereocenters. The molecule has 0 saturated carbocycles. The van der Waals surface area contributed by atoms with Crippen LogP contribution in [0.1, 0.15) is 39.1 Å². The Morgan fingerprint density at radius 2 is 1.85 bits per heavy atom. The average molecular weight is 406 g/mol. The second-order valence-electron chi connectivity index (χ2n) is 6.72. The zero-order valence-corrected chi connectivity index (χ0v) is 16.1. The zero-order valence-electron chi connectivity index (χ0n) is 14.6. The van der Waals surface area contributed by atoms with Crippen LogP contribution in [0.5, 0.6) is 5.75 Å². The summed E-state index contributed by atoms with van der Waals surface area (Å²) in [5.41, 5.74) is 1.23. The molecule has 0 radical (unpaired) electrons. The SMILES string of the molecule is COc1ccc2c(c1)C(=O)OC21CCN(C(=O)c2ccc(Cl)c(Cl)c2)CC1. The van der Waals surface area contributed by atoms with Crippen LogP contribution in [0.25, 0.3) is 0 Å². The summed E-state index contributed by atoms with van der Waals surface area (Å²) < 4.78 is 11.0. The van der Waals surface area contributed by atoms with Crippen LogP contribution in [-0.2, 0) is 10.3 Å². The number of carbonyl (C=O) groups is 2. The molecule has 1 amide bonds. The number of likely N-dealkylation sites (tertiary alicyclic amines) is 1. The Morgan fingerprint density at radius 1 is 1.11 bits per heavy atom. The van der Waals surface area contributed by atoms with E-state index in [1.165, 1.54) is 0 Å². The predicted octanol–water partition coefficient (Wildman–Crippen LogP) is 4.30. The van der Waals surface area contributed by atoms with Gasteiger partial charge in [0.15, 0.2) is 0 Å². The number of nitrogens with zero attached hydrogens (tertiary/aromatic N) is 1. The van der Waals surface area contributed by atoms with Gasteiger partial charge in [-0.3, -0.25) is 4.79 Å². The number of fused-ring (bicyclic) bond motifs is 2. The van der Waals surface area contributed by atoms with Crippen LogP contribution in [0.4, 0.5) is 0 Å². The van der Waals surface area contributed by atoms with Crippen LogP contribution in [-0.4, -0.2) is 37.0 Å². The standard InChI is InChI=1S/C20H17Cl2NO4/c1-26-13-3-4-15-14(11-13)19(25)27-20(15)6-8-23(9-7-20)18(24)12-2-5-16(21)17(22)10-12/h2-5,10-11H,6-9H2,1H3. The van der Waals surface area contributed by atoms with E-state index >= 15 is 0 Å². The van der Waals surface area contributed by atoms with Crippen LogP contribution in [0, 0.1) is 0 Å². The number of carbonyl (C=O) groups excluding carboxylic acids is 2. The third-order valence-corrected chi connectivity index (χ3v) is 5.99. The fraction of sp³-hybridized carbons (Fsp3) is 0.300. The molecule has 2 aromatic carbocycles. The van der Waals surface area contributed by atoms with E-state index in [-0.39, 0.29) is 11.9 Å². The Hall–Kier alpha value is -2.24. The van der Waals surface area contributed by atoms with Crippen molar-refractivity contribution in [3.8, 4) is 5.75 Å². The van der Waals surface area contributed by atoms with Gasteiger partial charge < -0.3 is 14.4 Å². The summed E-state index contributed by atoms with van der Waals surface area (Å²) in [6.45, 7) is 0.968. The lowest BCUT2D eigenvalue weighted by atomic mass is 9.83. The van der Waals surface area contributed by atoms with Crippen molar-refractivity contribution in [3.05, 3.63) is 63.1 Å². The van der Waals surface area contributed by atoms with Gasteiger partial charge in [0.05, 0.1) is 22.7 Å². The lowest BCUT2D eigenvalue weighted by Gasteiger charge is -2.38. The molecule has 2 aliphatic heterocycles. The Bertz CT molecular complexity index is 936. The van der Waals surface area contributed by atoms with Gasteiger partial charge in [-0.25, -0.2) is 4.79 Å². The molecule has 1 spiro atoms. The molecule has 0 atom stereocenters. The van der Waals surface area contributed by atoms with Crippen molar-refractivity contribution in [1.82, 2.24) is 4.90 Å². The first-order chi connectivity index (χ1) is 12.9. The molecule has 0 aliphatic carbocycles. The van der Waals surface area contributed by atoms with Crippen LogP contribution in [0.15, 0.2) is 36.4 Å². The lowest BCUT2D eigenvalue weighted by Crippen LogP contribution is -2.45. The first-order valence-corrected chi connectivity index (χ1v) is 9.35. The summed E-state index contributed by atoms with van der Waals surface area (Å²) in [5, 5.41) is 0.763. The first-order valence-electron chi connectivity index (χ1n) is 8.60. The van der Waals surface area contributed by atoms with E-state index < -0.39 is 5.60 Å². The predicted molar refractivity (Wildman–Crippen MR) is 102 cm³/mol. The van der Waals surface area contributed by atoms with Gasteiger partial charge in [0.25, 0.3) is 5.91 Å². The van der Waals surface area contributed by atoms with Gasteiger partial charge in [-0.1, -0.05) is 29.3 Å². The Kier molecular flexibility index (Phi) is 4.52. The topological polar surface area (TPSA) is 55.8 Å². The van der Waals surface area contributed by atoms with Gasteiger partial charge in [-0.2, -0.15) is 0 Å². The van der Waals surface area contributed by atoms with Crippen molar-refractivity contribution in [3.63, 3.8) is 0 Å². The minimum Gasteiger partial charge on any atom is -0.497 e. The molecular formula is C20H17Cl2NO4. The zero-order chi connectivity index (χ0) is 19.2. The molecule has 2 aromatic rings. The van der Waals surface area contributed by atoms with Crippen LogP contribution < -0.4 is 4.74 Å². The number of esters is 1. The normalized spacial score (nSPS) is 17.6. The number of halogens is 2. The van der Waals surface area contributed by atoms with Crippen molar-refractivity contribution in [2.45, 2.75) is 18.4 Å².